The second-order valence-electron chi connectivity index (χ2n) is 4.69. The van der Waals surface area contributed by atoms with E-state index >= 15 is 0 Å². The highest BCUT2D eigenvalue weighted by Gasteiger charge is 2.31. The van der Waals surface area contributed by atoms with Crippen molar-refractivity contribution in [3.05, 3.63) is 0 Å². The molecule has 2 fully saturated rings. The highest BCUT2D eigenvalue weighted by atomic mass is 32.1. The normalized spacial score (nSPS) is 28.3. The Labute approximate surface area is 121 Å². The van der Waals surface area contributed by atoms with Gasteiger partial charge in [-0.1, -0.05) is 12.8 Å². The van der Waals surface area contributed by atoms with Crippen LogP contribution in [0.5, 0.6) is 0 Å². The van der Waals surface area contributed by atoms with Crippen molar-refractivity contribution in [1.29, 1.82) is 0 Å². The van der Waals surface area contributed by atoms with E-state index in [0.717, 1.165) is 37.0 Å². The van der Waals surface area contributed by atoms with Gasteiger partial charge >= 0.3 is 14.2 Å². The van der Waals surface area contributed by atoms with Crippen LogP contribution < -0.4 is 0 Å². The van der Waals surface area contributed by atoms with Gasteiger partial charge in [0, 0.05) is 11.5 Å². The molecule has 102 valence electrons. The number of hydrogen-bond donors (Lipinski definition) is 2. The third kappa shape index (κ3) is 4.65. The van der Waals surface area contributed by atoms with Crippen LogP contribution in [0, 0.1) is 0 Å². The van der Waals surface area contributed by atoms with Crippen molar-refractivity contribution in [2.75, 3.05) is 24.7 Å². The first kappa shape index (κ1) is 15.1. The van der Waals surface area contributed by atoms with Crippen LogP contribution >= 0.6 is 25.3 Å². The predicted molar refractivity (Wildman–Crippen MR) is 79.7 cm³/mol. The number of unbranched alkanes of at least 4 members (excludes halogenated alkanes) is 1. The van der Waals surface area contributed by atoms with Gasteiger partial charge in [-0.2, -0.15) is 25.3 Å². The minimum atomic E-state index is -0.0437. The molecule has 0 spiro atoms. The fourth-order valence-electron chi connectivity index (χ4n) is 2.13. The highest BCUT2D eigenvalue weighted by molar-refractivity contribution is 7.80. The molecule has 0 aromatic rings. The first-order valence-corrected chi connectivity index (χ1v) is 7.84. The van der Waals surface area contributed by atoms with Crippen molar-refractivity contribution in [1.82, 2.24) is 0 Å². The molecular weight excluding hydrogens is 270 g/mol. The van der Waals surface area contributed by atoms with Gasteiger partial charge in [-0.15, -0.1) is 0 Å². The van der Waals surface area contributed by atoms with Crippen molar-refractivity contribution in [2.45, 2.75) is 37.7 Å². The van der Waals surface area contributed by atoms with Gasteiger partial charge in [0.1, 0.15) is 0 Å². The Morgan fingerprint density at radius 2 is 1.28 bits per heavy atom. The Kier molecular flexibility index (Phi) is 6.75. The molecule has 0 radical (unpaired) electrons. The zero-order valence-corrected chi connectivity index (χ0v) is 12.3. The quantitative estimate of drug-likeness (QED) is 0.422. The lowest BCUT2D eigenvalue weighted by Crippen LogP contribution is -2.19. The SMILES string of the molecule is SCC1COB(CCCCB2OCC(CS)O2)O1. The maximum atomic E-state index is 5.65. The van der Waals surface area contributed by atoms with Crippen molar-refractivity contribution >= 4 is 39.5 Å². The standard InChI is InChI=1S/C10H20B2O4S2/c17-7-9-5-13-11(15-9)3-1-2-4-12-14-6-10(8-18)16-12/h9-10,17-18H,1-8H2. The fraction of sp³-hybridized carbons (Fsp3) is 1.00. The lowest BCUT2D eigenvalue weighted by atomic mass is 9.77. The molecule has 2 saturated heterocycles. The molecule has 0 bridgehead atoms. The number of thiol groups is 2. The molecule has 2 aliphatic rings. The largest absolute Gasteiger partial charge is 0.457 e. The highest BCUT2D eigenvalue weighted by Crippen LogP contribution is 2.19. The summed E-state index contributed by atoms with van der Waals surface area (Å²) in [5, 5.41) is 0. The van der Waals surface area contributed by atoms with Crippen molar-refractivity contribution in [3.8, 4) is 0 Å². The van der Waals surface area contributed by atoms with E-state index in [1.54, 1.807) is 0 Å². The molecule has 0 aliphatic carbocycles. The molecular formula is C10H20B2O4S2. The molecule has 0 aromatic heterocycles. The van der Waals surface area contributed by atoms with Gasteiger partial charge in [0.2, 0.25) is 0 Å². The van der Waals surface area contributed by atoms with E-state index in [1.807, 2.05) is 0 Å². The Balaban J connectivity index is 1.49. The topological polar surface area (TPSA) is 36.9 Å². The number of rotatable bonds is 7. The molecule has 2 unspecified atom stereocenters. The van der Waals surface area contributed by atoms with Crippen molar-refractivity contribution in [3.63, 3.8) is 0 Å². The Bertz CT molecular complexity index is 226. The maximum Gasteiger partial charge on any atom is 0.457 e. The van der Waals surface area contributed by atoms with Crippen LogP contribution in [0.1, 0.15) is 12.8 Å². The monoisotopic (exact) mass is 290 g/mol. The summed E-state index contributed by atoms with van der Waals surface area (Å²) in [6.45, 7) is 1.35. The first-order chi connectivity index (χ1) is 8.81. The average molecular weight is 290 g/mol. The van der Waals surface area contributed by atoms with Crippen LogP contribution in [0.3, 0.4) is 0 Å². The molecule has 2 rings (SSSR count). The lowest BCUT2D eigenvalue weighted by Gasteiger charge is -2.07. The van der Waals surface area contributed by atoms with Gasteiger partial charge in [0.15, 0.2) is 0 Å². The van der Waals surface area contributed by atoms with Crippen LogP contribution in [-0.2, 0) is 18.6 Å². The third-order valence-corrected chi connectivity index (χ3v) is 3.98. The van der Waals surface area contributed by atoms with Crippen LogP contribution in [0.15, 0.2) is 0 Å². The molecule has 2 heterocycles. The van der Waals surface area contributed by atoms with E-state index < -0.39 is 0 Å². The third-order valence-electron chi connectivity index (χ3n) is 3.16. The van der Waals surface area contributed by atoms with Gasteiger partial charge in [0.05, 0.1) is 25.4 Å². The van der Waals surface area contributed by atoms with Gasteiger partial charge in [0.25, 0.3) is 0 Å². The molecule has 0 aromatic carbocycles. The van der Waals surface area contributed by atoms with Crippen LogP contribution in [0.4, 0.5) is 0 Å². The minimum absolute atomic E-state index is 0.0437. The summed E-state index contributed by atoms with van der Waals surface area (Å²) in [6.07, 6.45) is 4.34. The van der Waals surface area contributed by atoms with Crippen LogP contribution in [0.2, 0.25) is 12.6 Å². The Morgan fingerprint density at radius 3 is 1.61 bits per heavy atom. The number of hydrogen-bond acceptors (Lipinski definition) is 6. The van der Waals surface area contributed by atoms with Gasteiger partial charge in [-0.3, -0.25) is 0 Å². The fourth-order valence-corrected chi connectivity index (χ4v) is 2.51. The molecule has 2 aliphatic heterocycles. The lowest BCUT2D eigenvalue weighted by molar-refractivity contribution is 0.260. The molecule has 0 amide bonds. The van der Waals surface area contributed by atoms with Crippen LogP contribution in [-0.4, -0.2) is 51.2 Å². The summed E-state index contributed by atoms with van der Waals surface area (Å²) in [5.74, 6) is 1.46. The summed E-state index contributed by atoms with van der Waals surface area (Å²) in [6, 6.07) is 0. The summed E-state index contributed by atoms with van der Waals surface area (Å²) in [5.41, 5.74) is 0. The smallest absolute Gasteiger partial charge is 0.408 e. The molecule has 4 nitrogen and oxygen atoms in total. The van der Waals surface area contributed by atoms with E-state index in [4.69, 9.17) is 18.6 Å². The van der Waals surface area contributed by atoms with Crippen LogP contribution in [0.25, 0.3) is 0 Å². The summed E-state index contributed by atoms with van der Waals surface area (Å²) >= 11 is 8.40. The van der Waals surface area contributed by atoms with Gasteiger partial charge in [-0.05, 0) is 12.6 Å². The Morgan fingerprint density at radius 1 is 0.833 bits per heavy atom. The van der Waals surface area contributed by atoms with E-state index in [1.165, 1.54) is 0 Å². The second-order valence-corrected chi connectivity index (χ2v) is 5.42. The zero-order chi connectivity index (χ0) is 12.8. The molecule has 0 N–H and O–H groups in total. The maximum absolute atomic E-state index is 5.65. The predicted octanol–water partition coefficient (Wildman–Crippen LogP) is 1.43. The molecule has 18 heavy (non-hydrogen) atoms. The average Bonchev–Trinajstić information content (AvgIpc) is 3.03. The molecule has 8 heteroatoms. The molecule has 0 saturated carbocycles. The van der Waals surface area contributed by atoms with Gasteiger partial charge in [-0.25, -0.2) is 0 Å². The van der Waals surface area contributed by atoms with Crippen molar-refractivity contribution in [2.24, 2.45) is 0 Å². The van der Waals surface area contributed by atoms with Crippen molar-refractivity contribution < 1.29 is 18.6 Å². The minimum Gasteiger partial charge on any atom is -0.408 e. The van der Waals surface area contributed by atoms with E-state index in [9.17, 15) is 0 Å². The van der Waals surface area contributed by atoms with E-state index in [0.29, 0.717) is 13.2 Å². The summed E-state index contributed by atoms with van der Waals surface area (Å²) < 4.78 is 22.3. The molecule has 2 atom stereocenters. The van der Waals surface area contributed by atoms with Gasteiger partial charge < -0.3 is 18.6 Å². The Hall–Kier alpha value is 0.670. The summed E-state index contributed by atoms with van der Waals surface area (Å²) in [4.78, 5) is 0. The first-order valence-electron chi connectivity index (χ1n) is 6.57. The zero-order valence-electron chi connectivity index (χ0n) is 10.5. The van der Waals surface area contributed by atoms with E-state index in [2.05, 4.69) is 25.3 Å². The summed E-state index contributed by atoms with van der Waals surface area (Å²) in [7, 11) is -0.0875. The van der Waals surface area contributed by atoms with E-state index in [-0.39, 0.29) is 26.4 Å². The second kappa shape index (κ2) is 8.07.